The number of hydrogen-bond donors (Lipinski definition) is 0. The van der Waals surface area contributed by atoms with Gasteiger partial charge in [-0.3, -0.25) is 4.79 Å². The van der Waals surface area contributed by atoms with Crippen molar-refractivity contribution in [2.24, 2.45) is 0 Å². The van der Waals surface area contributed by atoms with Crippen molar-refractivity contribution in [3.63, 3.8) is 0 Å². The molecule has 0 atom stereocenters. The standard InChI is InChI=1S/C18H16F2O4/c1-22-16-9-6-12(17(23-2)18(16)24-3)15(21)8-5-11-4-7-13(19)14(20)10-11/h4-10H,1-3H3/b8-5+. The van der Waals surface area contributed by atoms with Gasteiger partial charge in [-0.2, -0.15) is 0 Å². The van der Waals surface area contributed by atoms with Crippen LogP contribution >= 0.6 is 0 Å². The maximum Gasteiger partial charge on any atom is 0.204 e. The van der Waals surface area contributed by atoms with Gasteiger partial charge in [0.15, 0.2) is 28.9 Å². The van der Waals surface area contributed by atoms with Crippen LogP contribution in [-0.2, 0) is 0 Å². The van der Waals surface area contributed by atoms with Crippen molar-refractivity contribution < 1.29 is 27.8 Å². The summed E-state index contributed by atoms with van der Waals surface area (Å²) in [6.07, 6.45) is 2.64. The number of carbonyl (C=O) groups excluding carboxylic acids is 1. The van der Waals surface area contributed by atoms with E-state index in [0.29, 0.717) is 17.1 Å². The topological polar surface area (TPSA) is 44.8 Å². The molecule has 2 aromatic carbocycles. The van der Waals surface area contributed by atoms with Gasteiger partial charge >= 0.3 is 0 Å². The molecule has 126 valence electrons. The number of ketones is 1. The van der Waals surface area contributed by atoms with E-state index in [2.05, 4.69) is 0 Å². The average molecular weight is 334 g/mol. The summed E-state index contributed by atoms with van der Waals surface area (Å²) in [6.45, 7) is 0. The Kier molecular flexibility index (Phi) is 5.52. The summed E-state index contributed by atoms with van der Waals surface area (Å²) in [4.78, 5) is 12.4. The van der Waals surface area contributed by atoms with E-state index in [1.165, 1.54) is 45.6 Å². The Morgan fingerprint density at radius 1 is 0.917 bits per heavy atom. The van der Waals surface area contributed by atoms with Gasteiger partial charge in [0.2, 0.25) is 5.75 Å². The minimum absolute atomic E-state index is 0.233. The Hall–Kier alpha value is -2.89. The molecule has 0 aromatic heterocycles. The molecule has 0 spiro atoms. The Bertz CT molecular complexity index is 785. The van der Waals surface area contributed by atoms with E-state index in [9.17, 15) is 13.6 Å². The second-order valence-electron chi connectivity index (χ2n) is 4.75. The third kappa shape index (κ3) is 3.53. The first-order valence-corrected chi connectivity index (χ1v) is 6.98. The highest BCUT2D eigenvalue weighted by atomic mass is 19.2. The molecule has 2 rings (SSSR count). The van der Waals surface area contributed by atoms with Gasteiger partial charge in [0.1, 0.15) is 0 Å². The summed E-state index contributed by atoms with van der Waals surface area (Å²) < 4.78 is 41.7. The number of carbonyl (C=O) groups is 1. The molecule has 0 amide bonds. The second kappa shape index (κ2) is 7.59. The Morgan fingerprint density at radius 3 is 2.21 bits per heavy atom. The quantitative estimate of drug-likeness (QED) is 0.594. The number of ether oxygens (including phenoxy) is 3. The van der Waals surface area contributed by atoms with Crippen molar-refractivity contribution >= 4 is 11.9 Å². The first kappa shape index (κ1) is 17.5. The first-order valence-electron chi connectivity index (χ1n) is 6.98. The van der Waals surface area contributed by atoms with Gasteiger partial charge in [-0.15, -0.1) is 0 Å². The number of hydrogen-bond acceptors (Lipinski definition) is 4. The van der Waals surface area contributed by atoms with Gasteiger partial charge in [-0.1, -0.05) is 12.1 Å². The number of rotatable bonds is 6. The molecule has 0 saturated heterocycles. The van der Waals surface area contributed by atoms with E-state index >= 15 is 0 Å². The van der Waals surface area contributed by atoms with Crippen molar-refractivity contribution in [3.8, 4) is 17.2 Å². The molecule has 0 aliphatic carbocycles. The lowest BCUT2D eigenvalue weighted by Crippen LogP contribution is -2.02. The molecule has 0 aliphatic heterocycles. The Labute approximate surface area is 138 Å². The van der Waals surface area contributed by atoms with Crippen molar-refractivity contribution in [1.82, 2.24) is 0 Å². The molecular weight excluding hydrogens is 318 g/mol. The molecule has 0 bridgehead atoms. The lowest BCUT2D eigenvalue weighted by atomic mass is 10.1. The van der Waals surface area contributed by atoms with Crippen LogP contribution in [0.1, 0.15) is 15.9 Å². The number of halogens is 2. The Balaban J connectivity index is 2.35. The first-order chi connectivity index (χ1) is 11.5. The maximum absolute atomic E-state index is 13.2. The Morgan fingerprint density at radius 2 is 1.62 bits per heavy atom. The smallest absolute Gasteiger partial charge is 0.204 e. The summed E-state index contributed by atoms with van der Waals surface area (Å²) in [5.41, 5.74) is 0.621. The molecule has 0 aliphatic rings. The van der Waals surface area contributed by atoms with Gasteiger partial charge in [-0.25, -0.2) is 8.78 Å². The second-order valence-corrected chi connectivity index (χ2v) is 4.75. The van der Waals surface area contributed by atoms with Crippen molar-refractivity contribution in [1.29, 1.82) is 0 Å². The summed E-state index contributed by atoms with van der Waals surface area (Å²) >= 11 is 0. The fourth-order valence-corrected chi connectivity index (χ4v) is 2.17. The summed E-state index contributed by atoms with van der Waals surface area (Å²) in [6, 6.07) is 6.49. The fourth-order valence-electron chi connectivity index (χ4n) is 2.17. The molecule has 0 saturated carbocycles. The van der Waals surface area contributed by atoms with Gasteiger partial charge in [0, 0.05) is 0 Å². The van der Waals surface area contributed by atoms with Crippen LogP contribution in [-0.4, -0.2) is 27.1 Å². The van der Waals surface area contributed by atoms with Crippen LogP contribution in [0.4, 0.5) is 8.78 Å². The number of methoxy groups -OCH3 is 3. The van der Waals surface area contributed by atoms with Crippen molar-refractivity contribution in [2.75, 3.05) is 21.3 Å². The largest absolute Gasteiger partial charge is 0.493 e. The zero-order chi connectivity index (χ0) is 17.7. The molecule has 0 unspecified atom stereocenters. The van der Waals surface area contributed by atoms with Crippen LogP contribution in [0.15, 0.2) is 36.4 Å². The highest BCUT2D eigenvalue weighted by Gasteiger charge is 2.19. The highest BCUT2D eigenvalue weighted by Crippen LogP contribution is 2.40. The zero-order valence-corrected chi connectivity index (χ0v) is 13.4. The predicted octanol–water partition coefficient (Wildman–Crippen LogP) is 3.89. The maximum atomic E-state index is 13.2. The van der Waals surface area contributed by atoms with Gasteiger partial charge < -0.3 is 14.2 Å². The zero-order valence-electron chi connectivity index (χ0n) is 13.4. The van der Waals surface area contributed by atoms with Crippen LogP contribution in [0.3, 0.4) is 0 Å². The monoisotopic (exact) mass is 334 g/mol. The van der Waals surface area contributed by atoms with E-state index in [4.69, 9.17) is 14.2 Å². The lowest BCUT2D eigenvalue weighted by molar-refractivity contribution is 0.104. The normalized spacial score (nSPS) is 10.7. The summed E-state index contributed by atoms with van der Waals surface area (Å²) in [5.74, 6) is -1.34. The highest BCUT2D eigenvalue weighted by molar-refractivity contribution is 6.09. The average Bonchev–Trinajstić information content (AvgIpc) is 2.60. The molecule has 6 heteroatoms. The van der Waals surface area contributed by atoms with Gasteiger partial charge in [-0.05, 0) is 35.9 Å². The molecule has 4 nitrogen and oxygen atoms in total. The van der Waals surface area contributed by atoms with Crippen LogP contribution in [0.2, 0.25) is 0 Å². The fraction of sp³-hybridized carbons (Fsp3) is 0.167. The third-order valence-corrected chi connectivity index (χ3v) is 3.34. The van der Waals surface area contributed by atoms with E-state index in [1.54, 1.807) is 6.07 Å². The molecule has 24 heavy (non-hydrogen) atoms. The van der Waals surface area contributed by atoms with Gasteiger partial charge in [0.25, 0.3) is 0 Å². The number of benzene rings is 2. The van der Waals surface area contributed by atoms with Crippen LogP contribution in [0.25, 0.3) is 6.08 Å². The summed E-state index contributed by atoms with van der Waals surface area (Å²) in [7, 11) is 4.32. The molecular formula is C18H16F2O4. The molecule has 0 radical (unpaired) electrons. The van der Waals surface area contributed by atoms with Crippen LogP contribution < -0.4 is 14.2 Å². The van der Waals surface area contributed by atoms with Gasteiger partial charge in [0.05, 0.1) is 26.9 Å². The van der Waals surface area contributed by atoms with Crippen LogP contribution in [0.5, 0.6) is 17.2 Å². The minimum Gasteiger partial charge on any atom is -0.493 e. The summed E-state index contributed by atoms with van der Waals surface area (Å²) in [5, 5.41) is 0. The molecule has 0 N–H and O–H groups in total. The molecule has 0 fully saturated rings. The number of allylic oxidation sites excluding steroid dienone is 1. The predicted molar refractivity (Wildman–Crippen MR) is 85.8 cm³/mol. The van der Waals surface area contributed by atoms with Crippen molar-refractivity contribution in [2.45, 2.75) is 0 Å². The van der Waals surface area contributed by atoms with E-state index in [0.717, 1.165) is 12.1 Å². The van der Waals surface area contributed by atoms with Crippen molar-refractivity contribution in [3.05, 3.63) is 59.2 Å². The van der Waals surface area contributed by atoms with E-state index < -0.39 is 11.6 Å². The SMILES string of the molecule is COc1ccc(C(=O)/C=C/c2ccc(F)c(F)c2)c(OC)c1OC. The van der Waals surface area contributed by atoms with E-state index in [1.807, 2.05) is 0 Å². The minimum atomic E-state index is -0.978. The molecule has 0 heterocycles. The van der Waals surface area contributed by atoms with E-state index in [-0.39, 0.29) is 17.1 Å². The van der Waals surface area contributed by atoms with Crippen LogP contribution in [0, 0.1) is 11.6 Å². The lowest BCUT2D eigenvalue weighted by Gasteiger charge is -2.14. The third-order valence-electron chi connectivity index (χ3n) is 3.34. The molecule has 2 aromatic rings.